The number of carbonyl (C=O) groups is 1. The Bertz CT molecular complexity index is 807. The highest BCUT2D eigenvalue weighted by Gasteiger charge is 2.64. The second kappa shape index (κ2) is 5.92. The summed E-state index contributed by atoms with van der Waals surface area (Å²) in [6.45, 7) is 2.04. The number of hydrogen-bond donors (Lipinski definition) is 1. The van der Waals surface area contributed by atoms with Crippen molar-refractivity contribution in [3.05, 3.63) is 11.6 Å². The van der Waals surface area contributed by atoms with Crippen LogP contribution in [-0.2, 0) is 19.4 Å². The Morgan fingerprint density at radius 1 is 1.19 bits per heavy atom. The van der Waals surface area contributed by atoms with E-state index in [1.165, 1.54) is 5.57 Å². The molecule has 142 valence electrons. The molecule has 0 radical (unpaired) electrons. The van der Waals surface area contributed by atoms with Crippen molar-refractivity contribution >= 4 is 16.2 Å². The Morgan fingerprint density at radius 2 is 1.96 bits per heavy atom. The van der Waals surface area contributed by atoms with E-state index in [4.69, 9.17) is 10.6 Å². The fraction of sp³-hybridized carbons (Fsp3) is 0.750. The van der Waals surface area contributed by atoms with E-state index in [0.717, 1.165) is 38.5 Å². The summed E-state index contributed by atoms with van der Waals surface area (Å²) < 4.78 is 37.4. The molecule has 4 aliphatic carbocycles. The third-order valence-electron chi connectivity index (χ3n) is 7.90. The highest BCUT2D eigenvalue weighted by Crippen LogP contribution is 2.65. The molecule has 0 saturated heterocycles. The van der Waals surface area contributed by atoms with Gasteiger partial charge in [0.05, 0.1) is 0 Å². The normalized spacial score (nSPS) is 45.1. The molecule has 0 spiro atoms. The van der Waals surface area contributed by atoms with Crippen LogP contribution in [0.4, 0.5) is 0 Å². The second-order valence-corrected chi connectivity index (χ2v) is 9.80. The number of terminal acetylenes is 1. The van der Waals surface area contributed by atoms with Crippen LogP contribution in [-0.4, -0.2) is 24.4 Å². The topological polar surface area (TPSA) is 80.7 Å². The molecule has 0 aromatic rings. The van der Waals surface area contributed by atoms with E-state index in [1.807, 2.05) is 13.0 Å². The van der Waals surface area contributed by atoms with Crippen molar-refractivity contribution in [3.63, 3.8) is 0 Å². The molecule has 0 aromatic carbocycles. The van der Waals surface area contributed by atoms with Crippen LogP contribution in [0.5, 0.6) is 0 Å². The van der Waals surface area contributed by atoms with E-state index >= 15 is 0 Å². The fourth-order valence-corrected chi connectivity index (χ4v) is 7.44. The number of hydrogen-bond acceptors (Lipinski definition) is 4. The molecular weight excluding hydrogens is 352 g/mol. The molecule has 6 heteroatoms. The van der Waals surface area contributed by atoms with Crippen molar-refractivity contribution in [1.29, 1.82) is 0 Å². The van der Waals surface area contributed by atoms with Crippen molar-refractivity contribution < 1.29 is 21.9 Å². The first-order valence-electron chi connectivity index (χ1n) is 9.58. The van der Waals surface area contributed by atoms with Crippen LogP contribution in [0, 0.1) is 41.4 Å². The molecule has 0 bridgehead atoms. The predicted molar refractivity (Wildman–Crippen MR) is 96.3 cm³/mol. The summed E-state index contributed by atoms with van der Waals surface area (Å²) in [5, 5.41) is 0. The first kappa shape index (κ1) is 18.2. The van der Waals surface area contributed by atoms with E-state index in [9.17, 15) is 17.8 Å². The van der Waals surface area contributed by atoms with E-state index in [2.05, 4.69) is 5.92 Å². The molecular formula is C20H26O5S. The number of ketones is 1. The van der Waals surface area contributed by atoms with Gasteiger partial charge in [-0.25, -0.2) is 4.18 Å². The Morgan fingerprint density at radius 3 is 2.65 bits per heavy atom. The molecule has 6 atom stereocenters. The predicted octanol–water partition coefficient (Wildman–Crippen LogP) is 3.32. The lowest BCUT2D eigenvalue weighted by Gasteiger charge is -2.55. The average molecular weight is 378 g/mol. The van der Waals surface area contributed by atoms with Gasteiger partial charge < -0.3 is 0 Å². The smallest absolute Gasteiger partial charge is 0.295 e. The zero-order valence-electron chi connectivity index (χ0n) is 15.1. The van der Waals surface area contributed by atoms with Gasteiger partial charge in [-0.2, -0.15) is 8.42 Å². The van der Waals surface area contributed by atoms with Crippen molar-refractivity contribution in [2.75, 3.05) is 0 Å². The van der Waals surface area contributed by atoms with E-state index in [0.29, 0.717) is 36.5 Å². The third kappa shape index (κ3) is 2.59. The minimum absolute atomic E-state index is 0.254. The van der Waals surface area contributed by atoms with Crippen LogP contribution in [0.2, 0.25) is 0 Å². The lowest BCUT2D eigenvalue weighted by atomic mass is 9.50. The van der Waals surface area contributed by atoms with E-state index < -0.39 is 21.4 Å². The molecule has 0 aromatic heterocycles. The summed E-state index contributed by atoms with van der Waals surface area (Å²) in [6, 6.07) is 0. The van der Waals surface area contributed by atoms with Crippen LogP contribution < -0.4 is 0 Å². The molecule has 5 nitrogen and oxygen atoms in total. The molecule has 0 heterocycles. The first-order valence-corrected chi connectivity index (χ1v) is 10.9. The zero-order chi connectivity index (χ0) is 18.7. The second-order valence-electron chi connectivity index (χ2n) is 8.78. The monoisotopic (exact) mass is 378 g/mol. The average Bonchev–Trinajstić information content (AvgIpc) is 2.86. The van der Waals surface area contributed by atoms with Crippen LogP contribution >= 0.6 is 0 Å². The lowest BCUT2D eigenvalue weighted by molar-refractivity contribution is -0.116. The first-order chi connectivity index (χ1) is 12.2. The molecule has 0 aliphatic heterocycles. The summed E-state index contributed by atoms with van der Waals surface area (Å²) in [6.07, 6.45) is 14.2. The summed E-state index contributed by atoms with van der Waals surface area (Å²) in [5.74, 6) is 4.66. The molecule has 3 saturated carbocycles. The van der Waals surface area contributed by atoms with Gasteiger partial charge in [0.15, 0.2) is 11.4 Å². The van der Waals surface area contributed by atoms with Gasteiger partial charge in [0, 0.05) is 11.8 Å². The molecule has 4 aliphatic rings. The maximum atomic E-state index is 11.8. The summed E-state index contributed by atoms with van der Waals surface area (Å²) >= 11 is 0. The Labute approximate surface area is 155 Å². The van der Waals surface area contributed by atoms with E-state index in [-0.39, 0.29) is 5.78 Å². The quantitative estimate of drug-likeness (QED) is 0.589. The Balaban J connectivity index is 1.66. The van der Waals surface area contributed by atoms with Crippen LogP contribution in [0.1, 0.15) is 58.3 Å². The summed E-state index contributed by atoms with van der Waals surface area (Å²) in [4.78, 5) is 11.8. The van der Waals surface area contributed by atoms with Crippen molar-refractivity contribution in [2.45, 2.75) is 63.9 Å². The van der Waals surface area contributed by atoms with Crippen LogP contribution in [0.3, 0.4) is 0 Å². The summed E-state index contributed by atoms with van der Waals surface area (Å²) in [5.41, 5.74) is -0.388. The van der Waals surface area contributed by atoms with Gasteiger partial charge in [0.2, 0.25) is 0 Å². The Kier molecular flexibility index (Phi) is 4.15. The molecule has 26 heavy (non-hydrogen) atoms. The molecule has 3 fully saturated rings. The van der Waals surface area contributed by atoms with Crippen LogP contribution in [0.15, 0.2) is 11.6 Å². The minimum atomic E-state index is -4.61. The lowest BCUT2D eigenvalue weighted by Crippen LogP contribution is -2.53. The number of carbonyl (C=O) groups excluding carboxylic acids is 1. The highest BCUT2D eigenvalue weighted by molar-refractivity contribution is 7.80. The van der Waals surface area contributed by atoms with Gasteiger partial charge in [0.1, 0.15) is 0 Å². The highest BCUT2D eigenvalue weighted by atomic mass is 32.3. The van der Waals surface area contributed by atoms with Gasteiger partial charge in [0.25, 0.3) is 0 Å². The van der Waals surface area contributed by atoms with Gasteiger partial charge in [-0.05, 0) is 74.7 Å². The number of rotatable bonds is 2. The van der Waals surface area contributed by atoms with Crippen molar-refractivity contribution in [3.8, 4) is 12.3 Å². The van der Waals surface area contributed by atoms with Crippen molar-refractivity contribution in [1.82, 2.24) is 0 Å². The third-order valence-corrected chi connectivity index (χ3v) is 8.40. The number of allylic oxidation sites excluding steroid dienone is 1. The van der Waals surface area contributed by atoms with E-state index in [1.54, 1.807) is 0 Å². The van der Waals surface area contributed by atoms with Gasteiger partial charge in [-0.3, -0.25) is 9.35 Å². The molecule has 4 rings (SSSR count). The maximum absolute atomic E-state index is 11.8. The molecule has 1 N–H and O–H groups in total. The van der Waals surface area contributed by atoms with Gasteiger partial charge in [-0.1, -0.05) is 18.4 Å². The minimum Gasteiger partial charge on any atom is -0.295 e. The fourth-order valence-electron chi connectivity index (χ4n) is 6.76. The number of fused-ring (bicyclic) bond motifs is 5. The largest absolute Gasteiger partial charge is 0.398 e. The molecule has 0 unspecified atom stereocenters. The van der Waals surface area contributed by atoms with Gasteiger partial charge >= 0.3 is 10.4 Å². The maximum Gasteiger partial charge on any atom is 0.398 e. The van der Waals surface area contributed by atoms with Crippen molar-refractivity contribution in [2.24, 2.45) is 29.1 Å². The summed E-state index contributed by atoms with van der Waals surface area (Å²) in [7, 11) is -4.61. The van der Waals surface area contributed by atoms with Gasteiger partial charge in [-0.15, -0.1) is 6.42 Å². The SMILES string of the molecule is C#C[C@@]1(OS(=O)(=O)O)CC[C@H]2[C@@H]3CCC4=CC(=O)CC[C@@H]4[C@H]3CC[C@@]21C. The zero-order valence-corrected chi connectivity index (χ0v) is 15.9. The molecule has 0 amide bonds. The Hall–Kier alpha value is -1.16. The standard InChI is InChI=1S/C20H26O5S/c1-3-20(25-26(22,23)24)11-9-18-17-6-4-13-12-14(21)5-7-15(13)16(17)8-10-19(18,20)2/h1,12,15-18H,4-11H2,2H3,(H,22,23,24)/t15-,16+,17+,18-,19-,20+/m0/s1. The van der Waals surface area contributed by atoms with Crippen LogP contribution in [0.25, 0.3) is 0 Å².